The highest BCUT2D eigenvalue weighted by atomic mass is 19.3. The van der Waals surface area contributed by atoms with Crippen LogP contribution in [0.2, 0.25) is 0 Å². The van der Waals surface area contributed by atoms with E-state index < -0.39 is 12.3 Å². The maximum Gasteiger partial charge on any atom is 0.316 e. The molecule has 4 aromatic rings. The Bertz CT molecular complexity index is 1140. The van der Waals surface area contributed by atoms with Crippen LogP contribution in [0.4, 0.5) is 8.78 Å². The molecule has 0 aliphatic heterocycles. The molecule has 0 aliphatic carbocycles. The van der Waals surface area contributed by atoms with Crippen LogP contribution in [-0.4, -0.2) is 25.6 Å². The summed E-state index contributed by atoms with van der Waals surface area (Å²) < 4.78 is 33.1. The number of imidazole rings is 1. The smallest absolute Gasteiger partial charge is 0.316 e. The van der Waals surface area contributed by atoms with Gasteiger partial charge in [-0.05, 0) is 24.6 Å². The van der Waals surface area contributed by atoms with Crippen LogP contribution in [0.15, 0.2) is 59.1 Å². The van der Waals surface area contributed by atoms with Gasteiger partial charge in [-0.25, -0.2) is 13.8 Å². The van der Waals surface area contributed by atoms with Crippen LogP contribution in [-0.2, 0) is 6.54 Å². The molecule has 2 aromatic carbocycles. The zero-order valence-corrected chi connectivity index (χ0v) is 15.4. The van der Waals surface area contributed by atoms with Gasteiger partial charge in [0.25, 0.3) is 6.43 Å². The Morgan fingerprint density at radius 3 is 2.59 bits per heavy atom. The van der Waals surface area contributed by atoms with E-state index in [1.807, 2.05) is 37.3 Å². The van der Waals surface area contributed by atoms with Gasteiger partial charge >= 0.3 is 11.8 Å². The van der Waals surface area contributed by atoms with Crippen molar-refractivity contribution < 1.29 is 18.1 Å². The number of nitrogens with zero attached hydrogens (tertiary/aromatic N) is 4. The van der Waals surface area contributed by atoms with Crippen molar-refractivity contribution in [2.75, 3.05) is 0 Å². The Balaban J connectivity index is 1.53. The molecule has 0 radical (unpaired) electrons. The molecule has 1 amide bonds. The number of rotatable bonds is 6. The van der Waals surface area contributed by atoms with Gasteiger partial charge in [-0.15, -0.1) is 0 Å². The minimum atomic E-state index is -2.76. The van der Waals surface area contributed by atoms with Gasteiger partial charge in [-0.1, -0.05) is 47.6 Å². The Hall–Kier alpha value is -3.62. The molecule has 7 nitrogen and oxygen atoms in total. The summed E-state index contributed by atoms with van der Waals surface area (Å²) >= 11 is 0. The van der Waals surface area contributed by atoms with Crippen LogP contribution in [0, 0.1) is 0 Å². The van der Waals surface area contributed by atoms with Gasteiger partial charge < -0.3 is 14.4 Å². The van der Waals surface area contributed by atoms with Crippen LogP contribution in [0.3, 0.4) is 0 Å². The number of para-hydroxylation sites is 2. The van der Waals surface area contributed by atoms with Crippen LogP contribution in [0.1, 0.15) is 47.3 Å². The molecule has 0 spiro atoms. The fourth-order valence-electron chi connectivity index (χ4n) is 3.06. The average molecular weight is 397 g/mol. The summed E-state index contributed by atoms with van der Waals surface area (Å²) in [5.41, 5.74) is 1.89. The standard InChI is InChI=1S/C20H17F2N5O2/c1-12(13-7-3-2-4-8-13)23-19(28)20-25-16(26-29-20)11-27-15-10-6-5-9-14(15)24-18(27)17(21)22/h2-10,12,17H,11H2,1H3,(H,23,28). The lowest BCUT2D eigenvalue weighted by Gasteiger charge is -2.12. The summed E-state index contributed by atoms with van der Waals surface area (Å²) in [6.07, 6.45) is -2.76. The molecule has 1 N–H and O–H groups in total. The van der Waals surface area contributed by atoms with Crippen molar-refractivity contribution in [1.82, 2.24) is 25.0 Å². The zero-order valence-electron chi connectivity index (χ0n) is 15.4. The van der Waals surface area contributed by atoms with Gasteiger partial charge in [0.15, 0.2) is 11.6 Å². The number of carbonyl (C=O) groups is 1. The van der Waals surface area contributed by atoms with Gasteiger partial charge in [-0.3, -0.25) is 4.79 Å². The number of aromatic nitrogens is 4. The summed E-state index contributed by atoms with van der Waals surface area (Å²) in [6, 6.07) is 15.9. The Morgan fingerprint density at radius 2 is 1.83 bits per heavy atom. The summed E-state index contributed by atoms with van der Waals surface area (Å²) in [7, 11) is 0. The zero-order chi connectivity index (χ0) is 20.4. The first-order chi connectivity index (χ1) is 14.0. The molecule has 4 rings (SSSR count). The SMILES string of the molecule is CC(NC(=O)c1nc(Cn2c(C(F)F)nc3ccccc32)no1)c1ccccc1. The van der Waals surface area contributed by atoms with Crippen molar-refractivity contribution >= 4 is 16.9 Å². The highest BCUT2D eigenvalue weighted by Crippen LogP contribution is 2.24. The van der Waals surface area contributed by atoms with Gasteiger partial charge in [-0.2, -0.15) is 4.98 Å². The van der Waals surface area contributed by atoms with E-state index in [-0.39, 0.29) is 30.1 Å². The molecule has 29 heavy (non-hydrogen) atoms. The molecule has 0 bridgehead atoms. The van der Waals surface area contributed by atoms with Crippen molar-refractivity contribution in [3.63, 3.8) is 0 Å². The van der Waals surface area contributed by atoms with Crippen LogP contribution < -0.4 is 5.32 Å². The van der Waals surface area contributed by atoms with E-state index in [1.165, 1.54) is 4.57 Å². The maximum atomic E-state index is 13.4. The number of benzene rings is 2. The van der Waals surface area contributed by atoms with Crippen molar-refractivity contribution in [3.8, 4) is 0 Å². The normalized spacial score (nSPS) is 12.4. The Morgan fingerprint density at radius 1 is 1.10 bits per heavy atom. The lowest BCUT2D eigenvalue weighted by molar-refractivity contribution is 0.0895. The van der Waals surface area contributed by atoms with Crippen molar-refractivity contribution in [3.05, 3.63) is 77.7 Å². The monoisotopic (exact) mass is 397 g/mol. The minimum absolute atomic E-state index is 0.0921. The van der Waals surface area contributed by atoms with E-state index in [4.69, 9.17) is 4.52 Å². The average Bonchev–Trinajstić information content (AvgIpc) is 3.34. The Labute approximate surface area is 164 Å². The maximum absolute atomic E-state index is 13.4. The molecule has 1 unspecified atom stereocenters. The highest BCUT2D eigenvalue weighted by molar-refractivity contribution is 5.89. The predicted molar refractivity (Wildman–Crippen MR) is 100 cm³/mol. The third kappa shape index (κ3) is 3.84. The lowest BCUT2D eigenvalue weighted by Crippen LogP contribution is -2.26. The van der Waals surface area contributed by atoms with Gasteiger partial charge in [0.1, 0.15) is 0 Å². The second-order valence-corrected chi connectivity index (χ2v) is 6.47. The molecule has 0 saturated carbocycles. The highest BCUT2D eigenvalue weighted by Gasteiger charge is 2.22. The number of alkyl halides is 2. The van der Waals surface area contributed by atoms with E-state index >= 15 is 0 Å². The third-order valence-corrected chi connectivity index (χ3v) is 4.49. The Kier molecular flexibility index (Phi) is 5.03. The van der Waals surface area contributed by atoms with Crippen LogP contribution >= 0.6 is 0 Å². The fourth-order valence-corrected chi connectivity index (χ4v) is 3.06. The number of amides is 1. The molecule has 2 heterocycles. The first-order valence-corrected chi connectivity index (χ1v) is 8.94. The third-order valence-electron chi connectivity index (χ3n) is 4.49. The number of nitrogens with one attached hydrogen (secondary N) is 1. The van der Waals surface area contributed by atoms with Crippen LogP contribution in [0.25, 0.3) is 11.0 Å². The number of halogens is 2. The molecule has 0 fully saturated rings. The number of carbonyl (C=O) groups excluding carboxylic acids is 1. The first kappa shape index (κ1) is 18.7. The second-order valence-electron chi connectivity index (χ2n) is 6.47. The molecule has 1 atom stereocenters. The molecule has 148 valence electrons. The predicted octanol–water partition coefficient (Wildman–Crippen LogP) is 3.90. The largest absolute Gasteiger partial charge is 0.341 e. The van der Waals surface area contributed by atoms with E-state index in [0.717, 1.165) is 5.56 Å². The van der Waals surface area contributed by atoms with Gasteiger partial charge in [0, 0.05) is 0 Å². The quantitative estimate of drug-likeness (QED) is 0.533. The van der Waals surface area contributed by atoms with Crippen molar-refractivity contribution in [2.45, 2.75) is 25.9 Å². The van der Waals surface area contributed by atoms with Gasteiger partial charge in [0.05, 0.1) is 23.6 Å². The molecule has 2 aromatic heterocycles. The molecule has 0 saturated heterocycles. The van der Waals surface area contributed by atoms with E-state index in [1.54, 1.807) is 24.3 Å². The van der Waals surface area contributed by atoms with Gasteiger partial charge in [0.2, 0.25) is 0 Å². The van der Waals surface area contributed by atoms with Crippen LogP contribution in [0.5, 0.6) is 0 Å². The number of hydrogen-bond acceptors (Lipinski definition) is 5. The topological polar surface area (TPSA) is 85.8 Å². The molecular formula is C20H17F2N5O2. The van der Waals surface area contributed by atoms with Crippen molar-refractivity contribution in [2.24, 2.45) is 0 Å². The summed E-state index contributed by atoms with van der Waals surface area (Å²) in [5, 5.41) is 6.53. The summed E-state index contributed by atoms with van der Waals surface area (Å²) in [4.78, 5) is 20.4. The summed E-state index contributed by atoms with van der Waals surface area (Å²) in [6.45, 7) is 1.74. The number of hydrogen-bond donors (Lipinski definition) is 1. The molecule has 9 heteroatoms. The van der Waals surface area contributed by atoms with E-state index in [2.05, 4.69) is 20.4 Å². The minimum Gasteiger partial charge on any atom is -0.341 e. The second kappa shape index (κ2) is 7.78. The van der Waals surface area contributed by atoms with Crippen molar-refractivity contribution in [1.29, 1.82) is 0 Å². The number of fused-ring (bicyclic) bond motifs is 1. The summed E-state index contributed by atoms with van der Waals surface area (Å²) in [5.74, 6) is -1.05. The first-order valence-electron chi connectivity index (χ1n) is 8.94. The fraction of sp³-hybridized carbons (Fsp3) is 0.200. The molecule has 0 aliphatic rings. The lowest BCUT2D eigenvalue weighted by atomic mass is 10.1. The van der Waals surface area contributed by atoms with E-state index in [0.29, 0.717) is 11.0 Å². The molecular weight excluding hydrogens is 380 g/mol. The van der Waals surface area contributed by atoms with E-state index in [9.17, 15) is 13.6 Å².